The van der Waals surface area contributed by atoms with Crippen molar-refractivity contribution in [2.75, 3.05) is 30.8 Å². The number of nitrogens with one attached hydrogen (secondary N) is 1. The molecule has 0 fully saturated rings. The molecule has 0 aromatic heterocycles. The fraction of sp³-hybridized carbons (Fsp3) is 0.417. The van der Waals surface area contributed by atoms with E-state index >= 15 is 0 Å². The molecule has 0 radical (unpaired) electrons. The molecule has 1 N–H and O–H groups in total. The van der Waals surface area contributed by atoms with Crippen molar-refractivity contribution in [3.8, 4) is 5.75 Å². The SMILES string of the molecule is COc1ccc([N+](=O)[O-])cc1N(CC(=O)N(Cc1ccc(Cl)cc1)[C@@H](C)C(=O)NCC(C)C)S(C)(=O)=O. The molecule has 13 heteroatoms. The first kappa shape index (κ1) is 29.8. The quantitative estimate of drug-likeness (QED) is 0.314. The van der Waals surface area contributed by atoms with E-state index in [4.69, 9.17) is 16.3 Å². The molecular weight excluding hydrogens is 524 g/mol. The van der Waals surface area contributed by atoms with Gasteiger partial charge in [-0.2, -0.15) is 0 Å². The third kappa shape index (κ3) is 8.32. The number of carbonyl (C=O) groups is 2. The summed E-state index contributed by atoms with van der Waals surface area (Å²) in [6.07, 6.45) is 0.876. The van der Waals surface area contributed by atoms with E-state index in [0.29, 0.717) is 17.1 Å². The summed E-state index contributed by atoms with van der Waals surface area (Å²) in [5.74, 6) is -0.898. The highest BCUT2D eigenvalue weighted by atomic mass is 35.5. The molecule has 0 heterocycles. The zero-order valence-electron chi connectivity index (χ0n) is 21.3. The normalized spacial score (nSPS) is 12.1. The van der Waals surface area contributed by atoms with Crippen LogP contribution >= 0.6 is 11.6 Å². The third-order valence-electron chi connectivity index (χ3n) is 5.44. The van der Waals surface area contributed by atoms with Gasteiger partial charge in [-0.25, -0.2) is 8.42 Å². The van der Waals surface area contributed by atoms with Crippen LogP contribution in [0.1, 0.15) is 26.3 Å². The first-order chi connectivity index (χ1) is 17.2. The number of benzene rings is 2. The zero-order valence-corrected chi connectivity index (χ0v) is 22.9. The predicted molar refractivity (Wildman–Crippen MR) is 141 cm³/mol. The molecule has 2 aromatic carbocycles. The van der Waals surface area contributed by atoms with Crippen LogP contribution in [0, 0.1) is 16.0 Å². The van der Waals surface area contributed by atoms with Gasteiger partial charge < -0.3 is 15.0 Å². The number of non-ortho nitro benzene ring substituents is 1. The van der Waals surface area contributed by atoms with Gasteiger partial charge in [0, 0.05) is 30.2 Å². The molecule has 0 aliphatic rings. The topological polar surface area (TPSA) is 139 Å². The number of nitro groups is 1. The van der Waals surface area contributed by atoms with Gasteiger partial charge in [-0.15, -0.1) is 0 Å². The highest BCUT2D eigenvalue weighted by molar-refractivity contribution is 7.92. The van der Waals surface area contributed by atoms with E-state index in [1.54, 1.807) is 31.2 Å². The minimum Gasteiger partial charge on any atom is -0.495 e. The lowest BCUT2D eigenvalue weighted by Gasteiger charge is -2.32. The molecule has 0 saturated carbocycles. The van der Waals surface area contributed by atoms with Crippen LogP contribution in [-0.2, 0) is 26.2 Å². The summed E-state index contributed by atoms with van der Waals surface area (Å²) in [7, 11) is -2.82. The summed E-state index contributed by atoms with van der Waals surface area (Å²) in [4.78, 5) is 38.3. The predicted octanol–water partition coefficient (Wildman–Crippen LogP) is 3.21. The second-order valence-corrected chi connectivity index (χ2v) is 11.2. The van der Waals surface area contributed by atoms with Crippen LogP contribution in [-0.4, -0.2) is 62.6 Å². The largest absolute Gasteiger partial charge is 0.495 e. The Kier molecular flexibility index (Phi) is 10.3. The van der Waals surface area contributed by atoms with Gasteiger partial charge in [0.2, 0.25) is 21.8 Å². The van der Waals surface area contributed by atoms with Crippen molar-refractivity contribution in [3.63, 3.8) is 0 Å². The second-order valence-electron chi connectivity index (χ2n) is 8.85. The average molecular weight is 555 g/mol. The van der Waals surface area contributed by atoms with Crippen molar-refractivity contribution < 1.29 is 27.7 Å². The van der Waals surface area contributed by atoms with Crippen LogP contribution in [0.2, 0.25) is 5.02 Å². The number of ether oxygens (including phenoxy) is 1. The number of sulfonamides is 1. The van der Waals surface area contributed by atoms with Crippen LogP contribution in [0.3, 0.4) is 0 Å². The van der Waals surface area contributed by atoms with Crippen molar-refractivity contribution in [2.24, 2.45) is 5.92 Å². The number of hydrogen-bond acceptors (Lipinski definition) is 7. The number of nitro benzene ring substituents is 1. The Labute approximate surface area is 221 Å². The van der Waals surface area contributed by atoms with Gasteiger partial charge in [-0.1, -0.05) is 37.6 Å². The van der Waals surface area contributed by atoms with Crippen molar-refractivity contribution in [1.29, 1.82) is 0 Å². The Hall–Kier alpha value is -3.38. The minimum atomic E-state index is -4.10. The lowest BCUT2D eigenvalue weighted by molar-refractivity contribution is -0.384. The number of hydrogen-bond donors (Lipinski definition) is 1. The first-order valence-electron chi connectivity index (χ1n) is 11.4. The summed E-state index contributed by atoms with van der Waals surface area (Å²) in [5, 5.41) is 14.6. The molecule has 0 spiro atoms. The molecule has 0 saturated heterocycles. The Balaban J connectivity index is 2.48. The van der Waals surface area contributed by atoms with Gasteiger partial charge in [0.15, 0.2) is 0 Å². The molecule has 202 valence electrons. The second kappa shape index (κ2) is 12.7. The van der Waals surface area contributed by atoms with Gasteiger partial charge in [-0.3, -0.25) is 24.0 Å². The summed E-state index contributed by atoms with van der Waals surface area (Å²) >= 11 is 5.97. The summed E-state index contributed by atoms with van der Waals surface area (Å²) < 4.78 is 31.4. The van der Waals surface area contributed by atoms with Crippen LogP contribution < -0.4 is 14.4 Å². The summed E-state index contributed by atoms with van der Waals surface area (Å²) in [5.41, 5.74) is 0.118. The lowest BCUT2D eigenvalue weighted by atomic mass is 10.1. The van der Waals surface area contributed by atoms with E-state index < -0.39 is 39.3 Å². The Bertz CT molecular complexity index is 1240. The van der Waals surface area contributed by atoms with E-state index in [2.05, 4.69) is 5.32 Å². The minimum absolute atomic E-state index is 0.00403. The molecule has 0 unspecified atom stereocenters. The van der Waals surface area contributed by atoms with Gasteiger partial charge in [-0.05, 0) is 36.6 Å². The zero-order chi connectivity index (χ0) is 27.9. The van der Waals surface area contributed by atoms with Gasteiger partial charge in [0.1, 0.15) is 24.0 Å². The maximum Gasteiger partial charge on any atom is 0.271 e. The molecule has 0 aliphatic carbocycles. The highest BCUT2D eigenvalue weighted by Crippen LogP contribution is 2.34. The number of carbonyl (C=O) groups excluding carboxylic acids is 2. The number of halogens is 1. The molecule has 2 aromatic rings. The van der Waals surface area contributed by atoms with Gasteiger partial charge in [0.05, 0.1) is 18.3 Å². The molecule has 37 heavy (non-hydrogen) atoms. The van der Waals surface area contributed by atoms with Crippen LogP contribution in [0.4, 0.5) is 11.4 Å². The highest BCUT2D eigenvalue weighted by Gasteiger charge is 2.32. The van der Waals surface area contributed by atoms with Crippen LogP contribution in [0.25, 0.3) is 0 Å². The fourth-order valence-electron chi connectivity index (χ4n) is 3.40. The molecule has 1 atom stereocenters. The van der Waals surface area contributed by atoms with Crippen molar-refractivity contribution in [2.45, 2.75) is 33.4 Å². The Morgan fingerprint density at radius 2 is 1.76 bits per heavy atom. The number of amides is 2. The van der Waals surface area contributed by atoms with E-state index in [9.17, 15) is 28.1 Å². The molecular formula is C24H31ClN4O7S. The number of rotatable bonds is 12. The fourth-order valence-corrected chi connectivity index (χ4v) is 4.37. The molecule has 2 rings (SSSR count). The van der Waals surface area contributed by atoms with E-state index in [0.717, 1.165) is 16.6 Å². The van der Waals surface area contributed by atoms with E-state index in [1.807, 2.05) is 13.8 Å². The Morgan fingerprint density at radius 1 is 1.14 bits per heavy atom. The Morgan fingerprint density at radius 3 is 2.27 bits per heavy atom. The van der Waals surface area contributed by atoms with Crippen molar-refractivity contribution in [3.05, 3.63) is 63.2 Å². The van der Waals surface area contributed by atoms with Crippen molar-refractivity contribution >= 4 is 44.8 Å². The molecule has 11 nitrogen and oxygen atoms in total. The maximum atomic E-state index is 13.6. The van der Waals surface area contributed by atoms with Gasteiger partial charge >= 0.3 is 0 Å². The van der Waals surface area contributed by atoms with Gasteiger partial charge in [0.25, 0.3) is 5.69 Å². The monoisotopic (exact) mass is 554 g/mol. The average Bonchev–Trinajstić information content (AvgIpc) is 2.83. The molecule has 0 aliphatic heterocycles. The molecule has 0 bridgehead atoms. The van der Waals surface area contributed by atoms with E-state index in [-0.39, 0.29) is 29.6 Å². The van der Waals surface area contributed by atoms with Crippen molar-refractivity contribution in [1.82, 2.24) is 10.2 Å². The summed E-state index contributed by atoms with van der Waals surface area (Å²) in [6.45, 7) is 5.08. The smallest absolute Gasteiger partial charge is 0.271 e. The molecule has 2 amide bonds. The van der Waals surface area contributed by atoms with E-state index in [1.165, 1.54) is 24.1 Å². The number of nitrogens with zero attached hydrogens (tertiary/aromatic N) is 3. The van der Waals surface area contributed by atoms with Crippen LogP contribution in [0.5, 0.6) is 5.75 Å². The standard InChI is InChI=1S/C24H31ClN4O7S/c1-16(2)13-26-24(31)17(3)27(14-18-6-8-19(25)9-7-18)23(30)15-28(37(5,34)35)21-12-20(29(32)33)10-11-22(21)36-4/h6-12,16-17H,13-15H2,1-5H3,(H,26,31)/t17-/m0/s1. The summed E-state index contributed by atoms with van der Waals surface area (Å²) in [6, 6.07) is 9.16. The third-order valence-corrected chi connectivity index (χ3v) is 6.82. The first-order valence-corrected chi connectivity index (χ1v) is 13.6. The maximum absolute atomic E-state index is 13.6. The van der Waals surface area contributed by atoms with Crippen LogP contribution in [0.15, 0.2) is 42.5 Å². The lowest BCUT2D eigenvalue weighted by Crippen LogP contribution is -2.51. The number of anilines is 1. The number of methoxy groups -OCH3 is 1.